The van der Waals surface area contributed by atoms with Gasteiger partial charge in [0.2, 0.25) is 0 Å². The first-order valence-corrected chi connectivity index (χ1v) is 10.9. The first-order valence-electron chi connectivity index (χ1n) is 10.9. The van der Waals surface area contributed by atoms with Gasteiger partial charge < -0.3 is 20.5 Å². The van der Waals surface area contributed by atoms with Crippen molar-refractivity contribution in [2.45, 2.75) is 26.2 Å². The van der Waals surface area contributed by atoms with Gasteiger partial charge in [0, 0.05) is 23.4 Å². The molecule has 36 heavy (non-hydrogen) atoms. The van der Waals surface area contributed by atoms with Crippen LogP contribution in [0.2, 0.25) is 0 Å². The smallest absolute Gasteiger partial charge is 0.272 e. The van der Waals surface area contributed by atoms with Gasteiger partial charge in [0.1, 0.15) is 5.70 Å². The molecule has 0 spiro atoms. The van der Waals surface area contributed by atoms with E-state index in [0.29, 0.717) is 11.1 Å². The number of nitro benzene ring substituents is 1. The summed E-state index contributed by atoms with van der Waals surface area (Å²) in [7, 11) is 0. The quantitative estimate of drug-likeness (QED) is 0.297. The average Bonchev–Trinajstić information content (AvgIpc) is 2.83. The number of hydrogen-bond acceptors (Lipinski definition) is 6. The van der Waals surface area contributed by atoms with E-state index in [-0.39, 0.29) is 28.1 Å². The Kier molecular flexibility index (Phi) is 7.64. The van der Waals surface area contributed by atoms with Crippen molar-refractivity contribution in [3.05, 3.63) is 111 Å². The minimum absolute atomic E-state index is 0.109. The molecule has 9 nitrogen and oxygen atoms in total. The molecule has 3 aromatic carbocycles. The molecule has 2 amide bonds. The van der Waals surface area contributed by atoms with Gasteiger partial charge in [0.25, 0.3) is 17.5 Å². The van der Waals surface area contributed by atoms with Crippen LogP contribution in [0.5, 0.6) is 0 Å². The van der Waals surface area contributed by atoms with Crippen molar-refractivity contribution in [2.75, 3.05) is 5.32 Å². The summed E-state index contributed by atoms with van der Waals surface area (Å²) in [5.74, 6) is -2.73. The number of carboxylic acids is 1. The Morgan fingerprint density at radius 1 is 0.889 bits per heavy atom. The molecule has 0 aromatic heterocycles. The minimum atomic E-state index is -1.41. The monoisotopic (exact) mass is 486 g/mol. The third-order valence-corrected chi connectivity index (χ3v) is 5.25. The lowest BCUT2D eigenvalue weighted by Gasteiger charge is -2.19. The number of carbonyl (C=O) groups is 3. The molecule has 0 aliphatic rings. The fraction of sp³-hybridized carbons (Fsp3) is 0.148. The Balaban J connectivity index is 1.93. The summed E-state index contributed by atoms with van der Waals surface area (Å²) in [4.78, 5) is 47.7. The maximum atomic E-state index is 13.1. The van der Waals surface area contributed by atoms with Crippen LogP contribution in [-0.4, -0.2) is 22.7 Å². The second-order valence-electron chi connectivity index (χ2n) is 9.01. The van der Waals surface area contributed by atoms with Gasteiger partial charge in [-0.05, 0) is 52.4 Å². The summed E-state index contributed by atoms with van der Waals surface area (Å²) in [5.41, 5.74) is 1.17. The fourth-order valence-electron chi connectivity index (χ4n) is 3.29. The summed E-state index contributed by atoms with van der Waals surface area (Å²) < 4.78 is 0. The van der Waals surface area contributed by atoms with Gasteiger partial charge in [0.15, 0.2) is 0 Å². The number of anilines is 1. The van der Waals surface area contributed by atoms with E-state index in [2.05, 4.69) is 10.6 Å². The first kappa shape index (κ1) is 25.8. The highest BCUT2D eigenvalue weighted by molar-refractivity contribution is 6.11. The van der Waals surface area contributed by atoms with Gasteiger partial charge >= 0.3 is 0 Å². The average molecular weight is 487 g/mol. The molecule has 0 aliphatic carbocycles. The predicted molar refractivity (Wildman–Crippen MR) is 133 cm³/mol. The largest absolute Gasteiger partial charge is 0.545 e. The molecule has 0 fully saturated rings. The van der Waals surface area contributed by atoms with Crippen molar-refractivity contribution in [2.24, 2.45) is 0 Å². The van der Waals surface area contributed by atoms with Crippen LogP contribution in [0.25, 0.3) is 6.08 Å². The number of carboxylic acid groups (broad SMARTS) is 1. The number of non-ortho nitro benzene ring substituents is 1. The van der Waals surface area contributed by atoms with Crippen molar-refractivity contribution >= 4 is 35.2 Å². The second-order valence-corrected chi connectivity index (χ2v) is 9.01. The van der Waals surface area contributed by atoms with Crippen LogP contribution >= 0.6 is 0 Å². The van der Waals surface area contributed by atoms with Gasteiger partial charge in [-0.3, -0.25) is 19.7 Å². The molecule has 9 heteroatoms. The zero-order valence-corrected chi connectivity index (χ0v) is 19.9. The van der Waals surface area contributed by atoms with Crippen LogP contribution in [0.1, 0.15) is 52.6 Å². The molecule has 0 aliphatic heterocycles. The molecular formula is C27H24N3O6-. The zero-order chi connectivity index (χ0) is 26.5. The van der Waals surface area contributed by atoms with Crippen molar-refractivity contribution < 1.29 is 24.4 Å². The van der Waals surface area contributed by atoms with E-state index in [1.807, 2.05) is 32.9 Å². The molecule has 0 unspecified atom stereocenters. The van der Waals surface area contributed by atoms with Crippen molar-refractivity contribution in [3.8, 4) is 0 Å². The highest BCUT2D eigenvalue weighted by Gasteiger charge is 2.18. The van der Waals surface area contributed by atoms with Crippen LogP contribution in [0.15, 0.2) is 78.5 Å². The molecule has 0 atom stereocenters. The highest BCUT2D eigenvalue weighted by Crippen LogP contribution is 2.22. The van der Waals surface area contributed by atoms with E-state index < -0.39 is 22.7 Å². The summed E-state index contributed by atoms with van der Waals surface area (Å²) in [6.07, 6.45) is 1.30. The van der Waals surface area contributed by atoms with E-state index in [1.54, 1.807) is 18.2 Å². The van der Waals surface area contributed by atoms with Crippen LogP contribution in [-0.2, 0) is 10.2 Å². The molecule has 0 bridgehead atoms. The predicted octanol–water partition coefficient (Wildman–Crippen LogP) is 3.67. The van der Waals surface area contributed by atoms with E-state index in [9.17, 15) is 29.6 Å². The Morgan fingerprint density at radius 3 is 2.17 bits per heavy atom. The zero-order valence-electron chi connectivity index (χ0n) is 19.9. The van der Waals surface area contributed by atoms with Gasteiger partial charge in [-0.15, -0.1) is 0 Å². The lowest BCUT2D eigenvalue weighted by Crippen LogP contribution is -2.31. The Morgan fingerprint density at radius 2 is 1.56 bits per heavy atom. The number of benzene rings is 3. The topological polar surface area (TPSA) is 141 Å². The molecule has 184 valence electrons. The van der Waals surface area contributed by atoms with Crippen LogP contribution in [0.3, 0.4) is 0 Å². The number of aromatic carboxylic acids is 1. The van der Waals surface area contributed by atoms with Crippen molar-refractivity contribution in [1.82, 2.24) is 5.32 Å². The maximum absolute atomic E-state index is 13.1. The fourth-order valence-corrected chi connectivity index (χ4v) is 3.29. The van der Waals surface area contributed by atoms with Gasteiger partial charge in [-0.2, -0.15) is 0 Å². The number of amides is 2. The summed E-state index contributed by atoms with van der Waals surface area (Å²) >= 11 is 0. The number of nitrogens with one attached hydrogen (secondary N) is 2. The molecule has 2 N–H and O–H groups in total. The molecule has 3 rings (SSSR count). The van der Waals surface area contributed by atoms with Gasteiger partial charge in [0.05, 0.1) is 10.9 Å². The second kappa shape index (κ2) is 10.6. The Labute approximate surface area is 207 Å². The molecule has 0 heterocycles. The highest BCUT2D eigenvalue weighted by atomic mass is 16.6. The first-order chi connectivity index (χ1) is 16.9. The van der Waals surface area contributed by atoms with Crippen molar-refractivity contribution in [1.29, 1.82) is 0 Å². The van der Waals surface area contributed by atoms with E-state index in [1.165, 1.54) is 48.5 Å². The Hall–Kier alpha value is -4.79. The molecule has 3 aromatic rings. The van der Waals surface area contributed by atoms with E-state index in [4.69, 9.17) is 0 Å². The summed E-state index contributed by atoms with van der Waals surface area (Å²) in [6.45, 7) is 6.13. The molecule has 0 saturated carbocycles. The third kappa shape index (κ3) is 6.63. The summed E-state index contributed by atoms with van der Waals surface area (Å²) in [6, 6.07) is 17.9. The van der Waals surface area contributed by atoms with Crippen LogP contribution in [0, 0.1) is 10.1 Å². The van der Waals surface area contributed by atoms with E-state index >= 15 is 0 Å². The summed E-state index contributed by atoms with van der Waals surface area (Å²) in [5, 5.41) is 27.4. The number of carbonyl (C=O) groups excluding carboxylic acids is 3. The van der Waals surface area contributed by atoms with Crippen LogP contribution < -0.4 is 15.7 Å². The normalized spacial score (nSPS) is 11.5. The third-order valence-electron chi connectivity index (χ3n) is 5.25. The maximum Gasteiger partial charge on any atom is 0.272 e. The standard InChI is InChI=1S/C27H25N3O6/c1-27(2,3)20-12-10-18(11-13-20)24(31)29-23(15-17-6-4-9-22(14-17)30(35)36)25(32)28-21-8-5-7-19(16-21)26(33)34/h4-16H,1-3H3,(H,28,32)(H,29,31)(H,33,34)/p-1/b23-15+. The lowest BCUT2D eigenvalue weighted by atomic mass is 9.87. The molecular weight excluding hydrogens is 462 g/mol. The van der Waals surface area contributed by atoms with Gasteiger partial charge in [-0.1, -0.05) is 57.2 Å². The number of nitro groups is 1. The number of hydrogen-bond donors (Lipinski definition) is 2. The van der Waals surface area contributed by atoms with Gasteiger partial charge in [-0.25, -0.2) is 0 Å². The van der Waals surface area contributed by atoms with Crippen molar-refractivity contribution in [3.63, 3.8) is 0 Å². The SMILES string of the molecule is CC(C)(C)c1ccc(C(=O)N/C(=C/c2cccc([N+](=O)[O-])c2)C(=O)Nc2cccc(C(=O)[O-])c2)cc1. The molecule has 0 radical (unpaired) electrons. The Bertz CT molecular complexity index is 1350. The van der Waals surface area contributed by atoms with E-state index in [0.717, 1.165) is 5.56 Å². The number of rotatable bonds is 7. The lowest BCUT2D eigenvalue weighted by molar-refractivity contribution is -0.384. The minimum Gasteiger partial charge on any atom is -0.545 e. The van der Waals surface area contributed by atoms with Crippen LogP contribution in [0.4, 0.5) is 11.4 Å². The molecule has 0 saturated heterocycles. The number of nitrogens with zero attached hydrogens (tertiary/aromatic N) is 1.